The lowest BCUT2D eigenvalue weighted by Crippen LogP contribution is -2.13. The van der Waals surface area contributed by atoms with Crippen LogP contribution in [0.4, 0.5) is 17.1 Å². The van der Waals surface area contributed by atoms with E-state index in [0.29, 0.717) is 0 Å². The molecule has 12 rings (SSSR count). The second kappa shape index (κ2) is 13.9. The van der Waals surface area contributed by atoms with Crippen molar-refractivity contribution in [3.63, 3.8) is 0 Å². The maximum absolute atomic E-state index is 6.69. The molecule has 0 radical (unpaired) electrons. The third-order valence-electron chi connectivity index (χ3n) is 12.2. The second-order valence-corrected chi connectivity index (χ2v) is 15.6. The number of furan rings is 1. The van der Waals surface area contributed by atoms with Crippen molar-refractivity contribution in [2.45, 2.75) is 0 Å². The maximum atomic E-state index is 6.69. The van der Waals surface area contributed by atoms with E-state index in [0.717, 1.165) is 55.7 Å². The van der Waals surface area contributed by atoms with Gasteiger partial charge in [-0.05, 0) is 114 Å². The van der Waals surface area contributed by atoms with Crippen molar-refractivity contribution in [1.29, 1.82) is 0 Å². The summed E-state index contributed by atoms with van der Waals surface area (Å²) in [4.78, 5) is 2.48. The Hall–Kier alpha value is -7.94. The molecule has 0 atom stereocenters. The lowest BCUT2D eigenvalue weighted by atomic mass is 9.89. The molecule has 1 aromatic heterocycles. The van der Waals surface area contributed by atoms with Crippen LogP contribution >= 0.6 is 0 Å². The molecule has 0 spiro atoms. The summed E-state index contributed by atoms with van der Waals surface area (Å²) in [7, 11) is 0. The predicted octanol–water partition coefficient (Wildman–Crippen LogP) is 16.7. The molecule has 0 saturated heterocycles. The molecule has 0 aliphatic rings. The zero-order chi connectivity index (χ0) is 39.6. The van der Waals surface area contributed by atoms with Crippen LogP contribution in [0.1, 0.15) is 0 Å². The SMILES string of the molecule is c1ccc(-c2ccc(N(c3ccccc3-c3cc4ccccc4c4ccccc34)c3ccc4oc5ccccc5c4c3-c3cc4ccccc4c4ccccc34)cc2)cc1. The quantitative estimate of drug-likeness (QED) is 0.157. The van der Waals surface area contributed by atoms with E-state index >= 15 is 0 Å². The highest BCUT2D eigenvalue weighted by atomic mass is 16.3. The minimum Gasteiger partial charge on any atom is -0.456 e. The molecule has 0 N–H and O–H groups in total. The molecule has 11 aromatic carbocycles. The van der Waals surface area contributed by atoms with E-state index in [1.165, 1.54) is 59.8 Å². The fourth-order valence-electron chi connectivity index (χ4n) is 9.54. The van der Waals surface area contributed by atoms with E-state index in [2.05, 4.69) is 229 Å². The lowest BCUT2D eigenvalue weighted by Gasteiger charge is -2.31. The number of benzene rings is 11. The highest BCUT2D eigenvalue weighted by Crippen LogP contribution is 2.52. The van der Waals surface area contributed by atoms with Crippen molar-refractivity contribution in [3.05, 3.63) is 224 Å². The molecule has 60 heavy (non-hydrogen) atoms. The third kappa shape index (κ3) is 5.42. The largest absolute Gasteiger partial charge is 0.456 e. The van der Waals surface area contributed by atoms with Crippen molar-refractivity contribution < 1.29 is 4.42 Å². The molecule has 12 aromatic rings. The van der Waals surface area contributed by atoms with Gasteiger partial charge in [-0.1, -0.05) is 176 Å². The summed E-state index contributed by atoms with van der Waals surface area (Å²) in [6, 6.07) is 81.4. The van der Waals surface area contributed by atoms with Gasteiger partial charge < -0.3 is 9.32 Å². The predicted molar refractivity (Wildman–Crippen MR) is 255 cm³/mol. The molecule has 0 fully saturated rings. The number of para-hydroxylation sites is 2. The molecule has 0 aliphatic heterocycles. The van der Waals surface area contributed by atoms with Gasteiger partial charge in [0.2, 0.25) is 0 Å². The molecule has 2 nitrogen and oxygen atoms in total. The van der Waals surface area contributed by atoms with Gasteiger partial charge in [-0.2, -0.15) is 0 Å². The van der Waals surface area contributed by atoms with Gasteiger partial charge in [-0.3, -0.25) is 0 Å². The van der Waals surface area contributed by atoms with E-state index in [4.69, 9.17) is 4.42 Å². The Bertz CT molecular complexity index is 3600. The zero-order valence-electron chi connectivity index (χ0n) is 32.7. The molecule has 0 saturated carbocycles. The minimum atomic E-state index is 0.861. The van der Waals surface area contributed by atoms with E-state index in [9.17, 15) is 0 Å². The van der Waals surface area contributed by atoms with Crippen LogP contribution in [0.15, 0.2) is 229 Å². The van der Waals surface area contributed by atoms with Crippen LogP contribution in [-0.4, -0.2) is 0 Å². The Morgan fingerprint density at radius 1 is 0.300 bits per heavy atom. The number of hydrogen-bond donors (Lipinski definition) is 0. The van der Waals surface area contributed by atoms with Crippen LogP contribution in [0.25, 0.3) is 98.4 Å². The van der Waals surface area contributed by atoms with Crippen molar-refractivity contribution in [2.24, 2.45) is 0 Å². The van der Waals surface area contributed by atoms with E-state index < -0.39 is 0 Å². The summed E-state index contributed by atoms with van der Waals surface area (Å²) >= 11 is 0. The summed E-state index contributed by atoms with van der Waals surface area (Å²) < 4.78 is 6.69. The second-order valence-electron chi connectivity index (χ2n) is 15.6. The first-order valence-electron chi connectivity index (χ1n) is 20.6. The summed E-state index contributed by atoms with van der Waals surface area (Å²) in [6.07, 6.45) is 0. The summed E-state index contributed by atoms with van der Waals surface area (Å²) in [5.74, 6) is 0. The Kier molecular flexibility index (Phi) is 7.89. The number of nitrogens with zero attached hydrogens (tertiary/aromatic N) is 1. The van der Waals surface area contributed by atoms with Gasteiger partial charge in [0.1, 0.15) is 11.2 Å². The van der Waals surface area contributed by atoms with Gasteiger partial charge in [-0.25, -0.2) is 0 Å². The van der Waals surface area contributed by atoms with Gasteiger partial charge >= 0.3 is 0 Å². The first-order chi connectivity index (χ1) is 29.8. The summed E-state index contributed by atoms with van der Waals surface area (Å²) in [6.45, 7) is 0. The molecular formula is C58H37NO. The number of rotatable bonds is 6. The molecule has 1 heterocycles. The fourth-order valence-corrected chi connectivity index (χ4v) is 9.54. The Morgan fingerprint density at radius 3 is 1.52 bits per heavy atom. The van der Waals surface area contributed by atoms with Crippen LogP contribution < -0.4 is 4.90 Å². The molecule has 280 valence electrons. The van der Waals surface area contributed by atoms with Gasteiger partial charge in [0, 0.05) is 27.6 Å². The van der Waals surface area contributed by atoms with Crippen molar-refractivity contribution in [1.82, 2.24) is 0 Å². The van der Waals surface area contributed by atoms with Crippen molar-refractivity contribution in [2.75, 3.05) is 4.90 Å². The van der Waals surface area contributed by atoms with Crippen LogP contribution in [0, 0.1) is 0 Å². The molecule has 0 unspecified atom stereocenters. The van der Waals surface area contributed by atoms with Gasteiger partial charge in [0.05, 0.1) is 11.4 Å². The standard InChI is InChI=1S/C58H37NO/c1-2-16-38(17-3-1)39-30-32-42(33-31-39)59(53-28-14-12-26-49(53)51-36-40-18-4-6-20-43(40)45-22-8-10-24-47(45)51)54-34-35-56-58(50-27-13-15-29-55(50)60-56)57(54)52-37-41-19-5-7-21-44(41)46-23-9-11-25-48(46)52/h1-37H. The Balaban J connectivity index is 1.21. The van der Waals surface area contributed by atoms with Gasteiger partial charge in [0.25, 0.3) is 0 Å². The van der Waals surface area contributed by atoms with Crippen LogP contribution in [-0.2, 0) is 0 Å². The maximum Gasteiger partial charge on any atom is 0.136 e. The van der Waals surface area contributed by atoms with E-state index in [-0.39, 0.29) is 0 Å². The van der Waals surface area contributed by atoms with E-state index in [1.54, 1.807) is 0 Å². The first kappa shape index (κ1) is 34.1. The van der Waals surface area contributed by atoms with Crippen molar-refractivity contribution >= 4 is 82.1 Å². The molecule has 0 bridgehead atoms. The molecule has 0 amide bonds. The monoisotopic (exact) mass is 763 g/mol. The van der Waals surface area contributed by atoms with E-state index in [1.807, 2.05) is 0 Å². The smallest absolute Gasteiger partial charge is 0.136 e. The first-order valence-corrected chi connectivity index (χ1v) is 20.6. The zero-order valence-corrected chi connectivity index (χ0v) is 32.7. The lowest BCUT2D eigenvalue weighted by molar-refractivity contribution is 0.669. The molecular weight excluding hydrogens is 727 g/mol. The number of hydrogen-bond acceptors (Lipinski definition) is 2. The molecule has 0 aliphatic carbocycles. The summed E-state index contributed by atoms with van der Waals surface area (Å²) in [5, 5.41) is 12.0. The summed E-state index contributed by atoms with van der Waals surface area (Å²) in [5.41, 5.74) is 11.9. The Labute approximate surface area is 347 Å². The number of fused-ring (bicyclic) bond motifs is 9. The Morgan fingerprint density at radius 2 is 0.817 bits per heavy atom. The van der Waals surface area contributed by atoms with Crippen LogP contribution in [0.5, 0.6) is 0 Å². The fraction of sp³-hybridized carbons (Fsp3) is 0. The average Bonchev–Trinajstić information content (AvgIpc) is 3.71. The van der Waals surface area contributed by atoms with Crippen LogP contribution in [0.3, 0.4) is 0 Å². The van der Waals surface area contributed by atoms with Crippen LogP contribution in [0.2, 0.25) is 0 Å². The minimum absolute atomic E-state index is 0.861. The van der Waals surface area contributed by atoms with Gasteiger partial charge in [0.15, 0.2) is 0 Å². The van der Waals surface area contributed by atoms with Gasteiger partial charge in [-0.15, -0.1) is 0 Å². The van der Waals surface area contributed by atoms with Crippen molar-refractivity contribution in [3.8, 4) is 33.4 Å². The third-order valence-corrected chi connectivity index (χ3v) is 12.2. The topological polar surface area (TPSA) is 16.4 Å². The number of anilines is 3. The highest BCUT2D eigenvalue weighted by molar-refractivity contribution is 6.23. The highest BCUT2D eigenvalue weighted by Gasteiger charge is 2.26. The molecule has 2 heteroatoms. The average molecular weight is 764 g/mol. The normalized spacial score (nSPS) is 11.7.